The fraction of sp³-hybridized carbons (Fsp3) is 0.900. The third kappa shape index (κ3) is 3.06. The first-order valence-corrected chi connectivity index (χ1v) is 8.92. The Kier molecular flexibility index (Phi) is 4.47. The van der Waals surface area contributed by atoms with Crippen LogP contribution in [0.15, 0.2) is 0 Å². The molecule has 3 unspecified atom stereocenters. The molecule has 2 aliphatic carbocycles. The minimum atomic E-state index is -0.930. The molecule has 0 radical (unpaired) electrons. The van der Waals surface area contributed by atoms with Crippen LogP contribution in [0.25, 0.3) is 0 Å². The third-order valence-corrected chi connectivity index (χ3v) is 6.79. The van der Waals surface area contributed by atoms with Crippen molar-refractivity contribution in [1.82, 2.24) is 0 Å². The molecular formula is C20H34O3. The molecule has 0 spiro atoms. The predicted molar refractivity (Wildman–Crippen MR) is 92.6 cm³/mol. The van der Waals surface area contributed by atoms with Crippen LogP contribution in [0.4, 0.5) is 0 Å². The minimum Gasteiger partial charge on any atom is -0.377 e. The van der Waals surface area contributed by atoms with Crippen molar-refractivity contribution < 1.29 is 14.9 Å². The molecule has 0 saturated heterocycles. The maximum atomic E-state index is 11.2. The number of aliphatic hydroxyl groups is 1. The van der Waals surface area contributed by atoms with Gasteiger partial charge in [0.2, 0.25) is 0 Å². The minimum absolute atomic E-state index is 0.127. The van der Waals surface area contributed by atoms with Crippen LogP contribution in [-0.4, -0.2) is 21.9 Å². The Morgan fingerprint density at radius 3 is 2.17 bits per heavy atom. The van der Waals surface area contributed by atoms with Crippen molar-refractivity contribution in [2.24, 2.45) is 16.7 Å². The van der Waals surface area contributed by atoms with Crippen LogP contribution in [0.1, 0.15) is 81.1 Å². The maximum absolute atomic E-state index is 11.2. The van der Waals surface area contributed by atoms with Crippen LogP contribution in [0, 0.1) is 28.6 Å². The van der Waals surface area contributed by atoms with E-state index in [0.29, 0.717) is 5.92 Å². The fourth-order valence-electron chi connectivity index (χ4n) is 4.01. The third-order valence-electron chi connectivity index (χ3n) is 6.79. The molecule has 1 N–H and O–H groups in total. The van der Waals surface area contributed by atoms with Crippen LogP contribution in [-0.2, 0) is 9.78 Å². The molecule has 2 fully saturated rings. The highest BCUT2D eigenvalue weighted by atomic mass is 17.2. The summed E-state index contributed by atoms with van der Waals surface area (Å²) in [6.45, 7) is 16.6. The SMILES string of the molecule is CCC(C)(C)OOC(C)(C)C#CC1(O)CC2CCC1(C)C2(C)C. The summed E-state index contributed by atoms with van der Waals surface area (Å²) in [6, 6.07) is 0. The highest BCUT2D eigenvalue weighted by molar-refractivity contribution is 5.31. The lowest BCUT2D eigenvalue weighted by atomic mass is 9.64. The summed E-state index contributed by atoms with van der Waals surface area (Å²) in [5.74, 6) is 6.87. The van der Waals surface area contributed by atoms with Crippen molar-refractivity contribution in [1.29, 1.82) is 0 Å². The van der Waals surface area contributed by atoms with Gasteiger partial charge in [0.1, 0.15) is 5.60 Å². The molecular weight excluding hydrogens is 288 g/mol. The van der Waals surface area contributed by atoms with Crippen molar-refractivity contribution in [3.05, 3.63) is 0 Å². The Morgan fingerprint density at radius 1 is 1.13 bits per heavy atom. The average molecular weight is 322 g/mol. The number of hydrogen-bond donors (Lipinski definition) is 1. The first-order chi connectivity index (χ1) is 10.3. The Labute approximate surface area is 142 Å². The summed E-state index contributed by atoms with van der Waals surface area (Å²) in [6.07, 6.45) is 3.85. The lowest BCUT2D eigenvalue weighted by Gasteiger charge is -2.42. The summed E-state index contributed by atoms with van der Waals surface area (Å²) in [5, 5.41) is 11.2. The van der Waals surface area contributed by atoms with Crippen molar-refractivity contribution >= 4 is 0 Å². The van der Waals surface area contributed by atoms with E-state index in [1.807, 2.05) is 27.7 Å². The molecule has 132 valence electrons. The molecule has 0 aromatic rings. The molecule has 2 bridgehead atoms. The quantitative estimate of drug-likeness (QED) is 0.471. The van der Waals surface area contributed by atoms with Crippen molar-refractivity contribution in [3.8, 4) is 11.8 Å². The van der Waals surface area contributed by atoms with Gasteiger partial charge in [0.05, 0.1) is 5.60 Å². The van der Waals surface area contributed by atoms with Crippen molar-refractivity contribution in [3.63, 3.8) is 0 Å². The second-order valence-electron chi connectivity index (χ2n) is 9.39. The topological polar surface area (TPSA) is 38.7 Å². The van der Waals surface area contributed by atoms with Gasteiger partial charge in [-0.2, -0.15) is 0 Å². The molecule has 0 aromatic heterocycles. The predicted octanol–water partition coefficient (Wildman–Crippen LogP) is 4.48. The fourth-order valence-corrected chi connectivity index (χ4v) is 4.01. The summed E-state index contributed by atoms with van der Waals surface area (Å²) in [4.78, 5) is 11.1. The number of rotatable bonds is 4. The first kappa shape index (κ1) is 18.8. The maximum Gasteiger partial charge on any atom is 0.158 e. The van der Waals surface area contributed by atoms with E-state index in [0.717, 1.165) is 19.3 Å². The number of hydrogen-bond acceptors (Lipinski definition) is 3. The average Bonchev–Trinajstić information content (AvgIpc) is 2.76. The zero-order chi connectivity index (χ0) is 17.7. The van der Waals surface area contributed by atoms with E-state index in [4.69, 9.17) is 9.78 Å². The van der Waals surface area contributed by atoms with Gasteiger partial charge in [-0.15, -0.1) is 0 Å². The summed E-state index contributed by atoms with van der Waals surface area (Å²) in [7, 11) is 0. The van der Waals surface area contributed by atoms with Gasteiger partial charge in [-0.1, -0.05) is 39.5 Å². The lowest BCUT2D eigenvalue weighted by Crippen LogP contribution is -2.46. The van der Waals surface area contributed by atoms with Crippen molar-refractivity contribution in [2.45, 2.75) is 97.9 Å². The van der Waals surface area contributed by atoms with E-state index in [1.165, 1.54) is 6.42 Å². The van der Waals surface area contributed by atoms with Gasteiger partial charge in [0, 0.05) is 5.41 Å². The zero-order valence-corrected chi connectivity index (χ0v) is 16.2. The van der Waals surface area contributed by atoms with Gasteiger partial charge in [-0.3, -0.25) is 0 Å². The Morgan fingerprint density at radius 2 is 1.74 bits per heavy atom. The van der Waals surface area contributed by atoms with Crippen LogP contribution < -0.4 is 0 Å². The highest BCUT2D eigenvalue weighted by Gasteiger charge is 2.68. The molecule has 3 atom stereocenters. The van der Waals surface area contributed by atoms with E-state index in [1.54, 1.807) is 0 Å². The second-order valence-corrected chi connectivity index (χ2v) is 9.39. The van der Waals surface area contributed by atoms with Crippen LogP contribution in [0.2, 0.25) is 0 Å². The van der Waals surface area contributed by atoms with Crippen LogP contribution >= 0.6 is 0 Å². The van der Waals surface area contributed by atoms with E-state index >= 15 is 0 Å². The van der Waals surface area contributed by atoms with E-state index in [9.17, 15) is 5.11 Å². The summed E-state index contributed by atoms with van der Waals surface area (Å²) < 4.78 is 0. The summed E-state index contributed by atoms with van der Waals surface area (Å²) in [5.41, 5.74) is -2.04. The van der Waals surface area contributed by atoms with Gasteiger partial charge in [0.25, 0.3) is 0 Å². The monoisotopic (exact) mass is 322 g/mol. The van der Waals surface area contributed by atoms with Gasteiger partial charge >= 0.3 is 0 Å². The molecule has 0 amide bonds. The molecule has 2 rings (SSSR count). The van der Waals surface area contributed by atoms with Gasteiger partial charge < -0.3 is 5.11 Å². The zero-order valence-electron chi connectivity index (χ0n) is 16.2. The highest BCUT2D eigenvalue weighted by Crippen LogP contribution is 2.69. The van der Waals surface area contributed by atoms with Gasteiger partial charge in [-0.05, 0) is 64.7 Å². The number of fused-ring (bicyclic) bond motifs is 2. The molecule has 3 nitrogen and oxygen atoms in total. The Balaban J connectivity index is 2.15. The molecule has 3 heteroatoms. The molecule has 23 heavy (non-hydrogen) atoms. The largest absolute Gasteiger partial charge is 0.377 e. The second kappa shape index (κ2) is 5.48. The van der Waals surface area contributed by atoms with Crippen LogP contribution in [0.5, 0.6) is 0 Å². The first-order valence-electron chi connectivity index (χ1n) is 8.92. The summed E-state index contributed by atoms with van der Waals surface area (Å²) >= 11 is 0. The molecule has 2 aliphatic rings. The molecule has 2 saturated carbocycles. The molecule has 0 aromatic carbocycles. The van der Waals surface area contributed by atoms with E-state index in [2.05, 4.69) is 39.5 Å². The normalized spacial score (nSPS) is 36.0. The van der Waals surface area contributed by atoms with Crippen molar-refractivity contribution in [2.75, 3.05) is 0 Å². The smallest absolute Gasteiger partial charge is 0.158 e. The molecule has 0 heterocycles. The standard InChI is InChI=1S/C20H34O3/c1-9-16(2,3)22-23-17(4,5)12-13-20(21)14-15-10-11-19(20,8)18(15,6)7/h15,21H,9-11,14H2,1-8H3. The van der Waals surface area contributed by atoms with E-state index < -0.39 is 11.2 Å². The Bertz CT molecular complexity index is 523. The Hall–Kier alpha value is -0.560. The molecule has 0 aliphatic heterocycles. The lowest BCUT2D eigenvalue weighted by molar-refractivity contribution is -0.388. The van der Waals surface area contributed by atoms with E-state index in [-0.39, 0.29) is 16.4 Å². The van der Waals surface area contributed by atoms with Crippen LogP contribution in [0.3, 0.4) is 0 Å². The van der Waals surface area contributed by atoms with Gasteiger partial charge in [-0.25, -0.2) is 9.78 Å². The van der Waals surface area contributed by atoms with Gasteiger partial charge in [0.15, 0.2) is 5.60 Å².